The van der Waals surface area contributed by atoms with Gasteiger partial charge in [0.1, 0.15) is 0 Å². The molecular weight excluding hydrogens is 296 g/mol. The molecule has 0 aliphatic carbocycles. The van der Waals surface area contributed by atoms with Crippen LogP contribution < -0.4 is 19.5 Å². The molecule has 8 heteroatoms. The van der Waals surface area contributed by atoms with Crippen LogP contribution in [0.25, 0.3) is 0 Å². The molecular formula is C13H20N2O5S. The molecule has 1 rings (SSSR count). The van der Waals surface area contributed by atoms with Crippen LogP contribution in [0.4, 0.5) is 0 Å². The van der Waals surface area contributed by atoms with Gasteiger partial charge in [-0.25, -0.2) is 13.1 Å². The number of hydrogen-bond acceptors (Lipinski definition) is 5. The Morgan fingerprint density at radius 1 is 1.14 bits per heavy atom. The molecule has 118 valence electrons. The van der Waals surface area contributed by atoms with Gasteiger partial charge in [-0.2, -0.15) is 0 Å². The monoisotopic (exact) mass is 316 g/mol. The summed E-state index contributed by atoms with van der Waals surface area (Å²) in [6.07, 6.45) is 1.25. The van der Waals surface area contributed by atoms with Crippen molar-refractivity contribution in [2.45, 2.75) is 6.42 Å². The first-order chi connectivity index (χ1) is 9.85. The van der Waals surface area contributed by atoms with Gasteiger partial charge in [0.05, 0.1) is 26.9 Å². The topological polar surface area (TPSA) is 93.7 Å². The normalized spacial score (nSPS) is 11.0. The lowest BCUT2D eigenvalue weighted by Gasteiger charge is -2.10. The summed E-state index contributed by atoms with van der Waals surface area (Å²) in [6.45, 7) is 0.399. The van der Waals surface area contributed by atoms with Crippen molar-refractivity contribution < 1.29 is 22.7 Å². The molecule has 0 bridgehead atoms. The zero-order valence-corrected chi connectivity index (χ0v) is 13.1. The average Bonchev–Trinajstić information content (AvgIpc) is 2.42. The Morgan fingerprint density at radius 2 is 1.81 bits per heavy atom. The number of ether oxygens (including phenoxy) is 2. The van der Waals surface area contributed by atoms with E-state index in [1.54, 1.807) is 25.3 Å². The molecule has 0 unspecified atom stereocenters. The van der Waals surface area contributed by atoms with E-state index in [0.717, 1.165) is 11.8 Å². The maximum Gasteiger partial charge on any atom is 0.224 e. The molecule has 0 atom stereocenters. The molecule has 1 aromatic rings. The molecule has 0 saturated heterocycles. The van der Waals surface area contributed by atoms with Gasteiger partial charge in [-0.1, -0.05) is 6.07 Å². The van der Waals surface area contributed by atoms with Gasteiger partial charge in [0.2, 0.25) is 15.9 Å². The fraction of sp³-hybridized carbons (Fsp3) is 0.462. The second kappa shape index (κ2) is 7.84. The molecule has 0 heterocycles. The maximum absolute atomic E-state index is 11.7. The Hall–Kier alpha value is -1.80. The highest BCUT2D eigenvalue weighted by molar-refractivity contribution is 7.88. The standard InChI is InChI=1S/C13H20N2O5S/c1-19-11-5-4-10(8-12(11)20-2)9-13(16)14-6-7-15-21(3,17)18/h4-5,8,15H,6-7,9H2,1-3H3,(H,14,16). The van der Waals surface area contributed by atoms with E-state index in [1.807, 2.05) is 0 Å². The van der Waals surface area contributed by atoms with Gasteiger partial charge < -0.3 is 14.8 Å². The lowest BCUT2D eigenvalue weighted by atomic mass is 10.1. The van der Waals surface area contributed by atoms with Crippen molar-refractivity contribution in [3.8, 4) is 11.5 Å². The second-order valence-electron chi connectivity index (χ2n) is 4.38. The van der Waals surface area contributed by atoms with Gasteiger partial charge in [-0.05, 0) is 17.7 Å². The molecule has 0 aliphatic rings. The van der Waals surface area contributed by atoms with Crippen molar-refractivity contribution in [3.63, 3.8) is 0 Å². The summed E-state index contributed by atoms with van der Waals surface area (Å²) in [5.41, 5.74) is 0.779. The van der Waals surface area contributed by atoms with Crippen LogP contribution in [-0.2, 0) is 21.2 Å². The Morgan fingerprint density at radius 3 is 2.38 bits per heavy atom. The highest BCUT2D eigenvalue weighted by Crippen LogP contribution is 2.27. The first kappa shape index (κ1) is 17.3. The van der Waals surface area contributed by atoms with E-state index < -0.39 is 10.0 Å². The molecule has 1 aromatic carbocycles. The third-order valence-electron chi connectivity index (χ3n) is 2.62. The van der Waals surface area contributed by atoms with E-state index in [1.165, 1.54) is 7.11 Å². The molecule has 0 spiro atoms. The number of carbonyl (C=O) groups is 1. The molecule has 0 radical (unpaired) electrons. The fourth-order valence-corrected chi connectivity index (χ4v) is 2.15. The first-order valence-electron chi connectivity index (χ1n) is 6.28. The van der Waals surface area contributed by atoms with E-state index in [-0.39, 0.29) is 25.4 Å². The Labute approximate surface area is 124 Å². The SMILES string of the molecule is COc1ccc(CC(=O)NCCNS(C)(=O)=O)cc1OC. The number of rotatable bonds is 8. The number of amides is 1. The minimum Gasteiger partial charge on any atom is -0.493 e. The summed E-state index contributed by atoms with van der Waals surface area (Å²) in [7, 11) is -0.162. The Balaban J connectivity index is 2.48. The zero-order valence-electron chi connectivity index (χ0n) is 12.3. The molecule has 1 amide bonds. The van der Waals surface area contributed by atoms with Crippen molar-refractivity contribution >= 4 is 15.9 Å². The van der Waals surface area contributed by atoms with Gasteiger partial charge >= 0.3 is 0 Å². The van der Waals surface area contributed by atoms with E-state index in [4.69, 9.17) is 9.47 Å². The quantitative estimate of drug-likeness (QED) is 0.654. The van der Waals surface area contributed by atoms with Gasteiger partial charge in [-0.15, -0.1) is 0 Å². The second-order valence-corrected chi connectivity index (χ2v) is 6.22. The fourth-order valence-electron chi connectivity index (χ4n) is 1.68. The van der Waals surface area contributed by atoms with E-state index in [2.05, 4.69) is 10.0 Å². The summed E-state index contributed by atoms with van der Waals surface area (Å²) in [6, 6.07) is 5.23. The van der Waals surface area contributed by atoms with Crippen LogP contribution in [-0.4, -0.2) is 47.9 Å². The highest BCUT2D eigenvalue weighted by Gasteiger charge is 2.08. The predicted octanol–water partition coefficient (Wildman–Crippen LogP) is -0.0883. The molecule has 7 nitrogen and oxygen atoms in total. The molecule has 0 fully saturated rings. The first-order valence-corrected chi connectivity index (χ1v) is 8.17. The van der Waals surface area contributed by atoms with Gasteiger partial charge in [0.15, 0.2) is 11.5 Å². The summed E-state index contributed by atoms with van der Waals surface area (Å²) in [5.74, 6) is 0.957. The van der Waals surface area contributed by atoms with Crippen molar-refractivity contribution in [3.05, 3.63) is 23.8 Å². The van der Waals surface area contributed by atoms with Crippen molar-refractivity contribution in [2.24, 2.45) is 0 Å². The van der Waals surface area contributed by atoms with Crippen LogP contribution in [0.3, 0.4) is 0 Å². The van der Waals surface area contributed by atoms with Crippen LogP contribution in [0, 0.1) is 0 Å². The third kappa shape index (κ3) is 6.46. The number of sulfonamides is 1. The summed E-state index contributed by atoms with van der Waals surface area (Å²) in [4.78, 5) is 11.7. The van der Waals surface area contributed by atoms with Crippen molar-refractivity contribution in [1.29, 1.82) is 0 Å². The van der Waals surface area contributed by atoms with Crippen molar-refractivity contribution in [1.82, 2.24) is 10.0 Å². The largest absolute Gasteiger partial charge is 0.493 e. The minimum absolute atomic E-state index is 0.163. The lowest BCUT2D eigenvalue weighted by molar-refractivity contribution is -0.120. The highest BCUT2D eigenvalue weighted by atomic mass is 32.2. The van der Waals surface area contributed by atoms with Crippen molar-refractivity contribution in [2.75, 3.05) is 33.6 Å². The van der Waals surface area contributed by atoms with Gasteiger partial charge in [0, 0.05) is 13.1 Å². The molecule has 0 aromatic heterocycles. The van der Waals surface area contributed by atoms with E-state index in [0.29, 0.717) is 11.5 Å². The minimum atomic E-state index is -3.23. The molecule has 21 heavy (non-hydrogen) atoms. The summed E-state index contributed by atoms with van der Waals surface area (Å²) in [5, 5.41) is 2.63. The van der Waals surface area contributed by atoms with Crippen LogP contribution in [0.5, 0.6) is 11.5 Å². The number of benzene rings is 1. The van der Waals surface area contributed by atoms with E-state index in [9.17, 15) is 13.2 Å². The predicted molar refractivity (Wildman–Crippen MR) is 79.1 cm³/mol. The third-order valence-corrected chi connectivity index (χ3v) is 3.35. The van der Waals surface area contributed by atoms with Crippen LogP contribution in [0.15, 0.2) is 18.2 Å². The molecule has 0 aliphatic heterocycles. The Kier molecular flexibility index (Phi) is 6.44. The number of hydrogen-bond donors (Lipinski definition) is 2. The number of methoxy groups -OCH3 is 2. The summed E-state index contributed by atoms with van der Waals surface area (Å²) < 4.78 is 34.3. The average molecular weight is 316 g/mol. The Bertz CT molecular complexity index is 586. The zero-order chi connectivity index (χ0) is 15.9. The van der Waals surface area contributed by atoms with E-state index >= 15 is 0 Å². The smallest absolute Gasteiger partial charge is 0.224 e. The number of nitrogens with one attached hydrogen (secondary N) is 2. The summed E-state index contributed by atoms with van der Waals surface area (Å²) >= 11 is 0. The lowest BCUT2D eigenvalue weighted by Crippen LogP contribution is -2.34. The number of carbonyl (C=O) groups excluding carboxylic acids is 1. The van der Waals surface area contributed by atoms with Crippen LogP contribution >= 0.6 is 0 Å². The van der Waals surface area contributed by atoms with Crippen LogP contribution in [0.1, 0.15) is 5.56 Å². The van der Waals surface area contributed by atoms with Gasteiger partial charge in [0.25, 0.3) is 0 Å². The molecule has 2 N–H and O–H groups in total. The van der Waals surface area contributed by atoms with Crippen LogP contribution in [0.2, 0.25) is 0 Å². The molecule has 0 saturated carbocycles. The maximum atomic E-state index is 11.7. The van der Waals surface area contributed by atoms with Gasteiger partial charge in [-0.3, -0.25) is 4.79 Å².